The van der Waals surface area contributed by atoms with E-state index in [-0.39, 0.29) is 0 Å². The molecule has 1 aliphatic rings. The Balaban J connectivity index is 1.92. The van der Waals surface area contributed by atoms with Gasteiger partial charge in [-0.1, -0.05) is 36.4 Å². The van der Waals surface area contributed by atoms with E-state index in [1.165, 1.54) is 21.5 Å². The second-order valence-electron chi connectivity index (χ2n) is 5.38. The number of amidine groups is 1. The molecule has 1 aliphatic heterocycles. The predicted molar refractivity (Wildman–Crippen MR) is 87.4 cm³/mol. The minimum Gasteiger partial charge on any atom is -0.318 e. The molecule has 2 aromatic carbocycles. The normalized spacial score (nSPS) is 15.5. The summed E-state index contributed by atoms with van der Waals surface area (Å²) >= 11 is 0. The van der Waals surface area contributed by atoms with Gasteiger partial charge in [-0.3, -0.25) is 0 Å². The van der Waals surface area contributed by atoms with Gasteiger partial charge in [0.25, 0.3) is 0 Å². The van der Waals surface area contributed by atoms with E-state index < -0.39 is 0 Å². The summed E-state index contributed by atoms with van der Waals surface area (Å²) in [5.74, 6) is 1.90. The fraction of sp³-hybridized carbons (Fsp3) is 0.111. The number of hydrogen-bond acceptors (Lipinski definition) is 1. The summed E-state index contributed by atoms with van der Waals surface area (Å²) in [4.78, 5) is 8.23. The van der Waals surface area contributed by atoms with Crippen molar-refractivity contribution in [2.24, 2.45) is 4.99 Å². The number of nitrogens with one attached hydrogen (secondary N) is 1. The Morgan fingerprint density at radius 1 is 1.00 bits per heavy atom. The maximum Gasteiger partial charge on any atom is 0.326 e. The van der Waals surface area contributed by atoms with Crippen molar-refractivity contribution in [3.05, 3.63) is 64.7 Å². The molecule has 0 atom stereocenters. The average molecular weight is 274 g/mol. The summed E-state index contributed by atoms with van der Waals surface area (Å²) in [7, 11) is 2.05. The maximum atomic E-state index is 4.82. The summed E-state index contributed by atoms with van der Waals surface area (Å²) in [5.41, 5.74) is 2.32. The lowest BCUT2D eigenvalue weighted by Gasteiger charge is -1.91. The summed E-state index contributed by atoms with van der Waals surface area (Å²) in [6.45, 7) is 2.11. The van der Waals surface area contributed by atoms with Gasteiger partial charge in [-0.15, -0.1) is 0 Å². The van der Waals surface area contributed by atoms with Crippen LogP contribution in [-0.4, -0.2) is 17.9 Å². The van der Waals surface area contributed by atoms with Gasteiger partial charge in [0.2, 0.25) is 5.82 Å². The van der Waals surface area contributed by atoms with Crippen molar-refractivity contribution in [3.63, 3.8) is 0 Å². The number of nitrogens with zero attached hydrogens (tertiary/aromatic N) is 2. The van der Waals surface area contributed by atoms with E-state index in [4.69, 9.17) is 4.99 Å². The number of aryl methyl sites for hydroxylation is 1. The number of para-hydroxylation sites is 2. The Kier molecular flexibility index (Phi) is 2.54. The van der Waals surface area contributed by atoms with Gasteiger partial charge in [-0.05, 0) is 24.0 Å². The van der Waals surface area contributed by atoms with Crippen molar-refractivity contribution in [1.82, 2.24) is 9.56 Å². The number of rotatable bonds is 1. The van der Waals surface area contributed by atoms with E-state index in [1.54, 1.807) is 0 Å². The first-order valence-corrected chi connectivity index (χ1v) is 7.07. The van der Waals surface area contributed by atoms with Crippen LogP contribution in [0.25, 0.3) is 17.0 Å². The maximum absolute atomic E-state index is 4.82. The monoisotopic (exact) mass is 274 g/mol. The number of benzene rings is 2. The van der Waals surface area contributed by atoms with Gasteiger partial charge in [-0.2, -0.15) is 0 Å². The standard InChI is InChI=1S/C18H15N3/c1-12-14-8-4-5-9-15(14)19-18(12)20-17-11-13-7-3-6-10-16(13)21(17)2/h3-11H,1-2H3/p+1. The Hall–Kier alpha value is -2.68. The molecule has 1 aromatic heterocycles. The molecule has 2 heterocycles. The van der Waals surface area contributed by atoms with Gasteiger partial charge in [0.15, 0.2) is 0 Å². The van der Waals surface area contributed by atoms with Gasteiger partial charge in [0.1, 0.15) is 5.36 Å². The molecule has 0 spiro atoms. The first kappa shape index (κ1) is 12.1. The molecule has 0 amide bonds. The van der Waals surface area contributed by atoms with Crippen LogP contribution in [0.2, 0.25) is 0 Å². The predicted octanol–water partition coefficient (Wildman–Crippen LogP) is 2.12. The molecule has 102 valence electrons. The second kappa shape index (κ2) is 4.42. The topological polar surface area (TPSA) is 31.2 Å². The lowest BCUT2D eigenvalue weighted by Crippen LogP contribution is -2.32. The number of H-pyrrole nitrogens is 1. The highest BCUT2D eigenvalue weighted by molar-refractivity contribution is 6.12. The molecule has 4 rings (SSSR count). The van der Waals surface area contributed by atoms with Crippen LogP contribution in [0, 0.1) is 6.92 Å². The molecule has 0 saturated carbocycles. The molecule has 21 heavy (non-hydrogen) atoms. The zero-order valence-corrected chi connectivity index (χ0v) is 12.1. The lowest BCUT2D eigenvalue weighted by atomic mass is 10.2. The van der Waals surface area contributed by atoms with Gasteiger partial charge in [0, 0.05) is 27.8 Å². The molecule has 3 aromatic rings. The van der Waals surface area contributed by atoms with Crippen LogP contribution in [0.4, 0.5) is 5.82 Å². The fourth-order valence-corrected chi connectivity index (χ4v) is 2.88. The SMILES string of the molecule is Cc1c(N=C2C=c3ccccc3=[N+]2C)[nH]c2ccccc12. The molecule has 3 nitrogen and oxygen atoms in total. The van der Waals surface area contributed by atoms with Crippen molar-refractivity contribution >= 4 is 28.6 Å². The molecule has 0 radical (unpaired) electrons. The van der Waals surface area contributed by atoms with E-state index >= 15 is 0 Å². The van der Waals surface area contributed by atoms with E-state index in [9.17, 15) is 0 Å². The van der Waals surface area contributed by atoms with Crippen LogP contribution in [0.3, 0.4) is 0 Å². The highest BCUT2D eigenvalue weighted by Gasteiger charge is 2.18. The molecule has 1 N–H and O–H groups in total. The number of fused-ring (bicyclic) bond motifs is 2. The molecular weight excluding hydrogens is 258 g/mol. The van der Waals surface area contributed by atoms with Crippen LogP contribution in [0.1, 0.15) is 5.56 Å². The summed E-state index contributed by atoms with van der Waals surface area (Å²) < 4.78 is 2.13. The highest BCUT2D eigenvalue weighted by Crippen LogP contribution is 2.27. The molecule has 0 saturated heterocycles. The Morgan fingerprint density at radius 3 is 2.57 bits per heavy atom. The zero-order chi connectivity index (χ0) is 14.4. The third kappa shape index (κ3) is 1.82. The molecular formula is C18H16N3+. The first-order chi connectivity index (χ1) is 10.2. The van der Waals surface area contributed by atoms with Crippen molar-refractivity contribution in [2.45, 2.75) is 6.92 Å². The van der Waals surface area contributed by atoms with Crippen LogP contribution < -0.4 is 15.2 Å². The van der Waals surface area contributed by atoms with E-state index in [0.717, 1.165) is 17.2 Å². The quantitative estimate of drug-likeness (QED) is 0.659. The average Bonchev–Trinajstić information content (AvgIpc) is 2.99. The molecule has 0 aliphatic carbocycles. The third-order valence-corrected chi connectivity index (χ3v) is 4.09. The van der Waals surface area contributed by atoms with Gasteiger partial charge in [0.05, 0.1) is 7.05 Å². The number of aliphatic imine (C=N–C) groups is 1. The number of hydrogen-bond donors (Lipinski definition) is 1. The lowest BCUT2D eigenvalue weighted by molar-refractivity contribution is 0.955. The van der Waals surface area contributed by atoms with Gasteiger partial charge in [-0.25, -0.2) is 4.58 Å². The number of aromatic amines is 1. The van der Waals surface area contributed by atoms with E-state index in [0.29, 0.717) is 0 Å². The number of aromatic nitrogens is 1. The minimum atomic E-state index is 0.933. The van der Waals surface area contributed by atoms with E-state index in [1.807, 2.05) is 6.07 Å². The molecule has 0 fully saturated rings. The van der Waals surface area contributed by atoms with E-state index in [2.05, 4.69) is 72.1 Å². The van der Waals surface area contributed by atoms with Gasteiger partial charge >= 0.3 is 5.84 Å². The zero-order valence-electron chi connectivity index (χ0n) is 12.1. The van der Waals surface area contributed by atoms with Gasteiger partial charge < -0.3 is 4.98 Å². The van der Waals surface area contributed by atoms with Crippen molar-refractivity contribution in [2.75, 3.05) is 7.05 Å². The third-order valence-electron chi connectivity index (χ3n) is 4.09. The van der Waals surface area contributed by atoms with Crippen LogP contribution in [0.15, 0.2) is 53.5 Å². The Bertz CT molecular complexity index is 1010. The van der Waals surface area contributed by atoms with Crippen molar-refractivity contribution in [1.29, 1.82) is 0 Å². The summed E-state index contributed by atoms with van der Waals surface area (Å²) in [5, 5.41) is 3.65. The molecule has 0 bridgehead atoms. The highest BCUT2D eigenvalue weighted by atomic mass is 15.1. The molecule has 3 heteroatoms. The van der Waals surface area contributed by atoms with Crippen molar-refractivity contribution in [3.8, 4) is 0 Å². The van der Waals surface area contributed by atoms with Crippen molar-refractivity contribution < 1.29 is 0 Å². The Morgan fingerprint density at radius 2 is 1.76 bits per heavy atom. The van der Waals surface area contributed by atoms with Crippen LogP contribution in [0.5, 0.6) is 0 Å². The Labute approximate surface area is 122 Å². The second-order valence-corrected chi connectivity index (χ2v) is 5.38. The summed E-state index contributed by atoms with van der Waals surface area (Å²) in [6.07, 6.45) is 2.13. The minimum absolute atomic E-state index is 0.933. The van der Waals surface area contributed by atoms with Crippen LogP contribution >= 0.6 is 0 Å². The molecule has 0 unspecified atom stereocenters. The largest absolute Gasteiger partial charge is 0.326 e. The fourth-order valence-electron chi connectivity index (χ4n) is 2.88. The summed E-state index contributed by atoms with van der Waals surface area (Å²) in [6, 6.07) is 16.7. The smallest absolute Gasteiger partial charge is 0.318 e. The first-order valence-electron chi connectivity index (χ1n) is 7.07. The van der Waals surface area contributed by atoms with Crippen LogP contribution in [-0.2, 0) is 0 Å².